The van der Waals surface area contributed by atoms with Crippen molar-refractivity contribution in [1.29, 1.82) is 0 Å². The summed E-state index contributed by atoms with van der Waals surface area (Å²) in [5.74, 6) is -0.437. The van der Waals surface area contributed by atoms with E-state index in [2.05, 4.69) is 19.1 Å². The number of nitrogens with zero attached hydrogens (tertiary/aromatic N) is 3. The third-order valence-electron chi connectivity index (χ3n) is 5.70. The molecule has 4 rings (SSSR count). The van der Waals surface area contributed by atoms with E-state index in [1.807, 2.05) is 37.3 Å². The van der Waals surface area contributed by atoms with Crippen molar-refractivity contribution in [3.05, 3.63) is 59.2 Å². The zero-order valence-electron chi connectivity index (χ0n) is 18.0. The van der Waals surface area contributed by atoms with Gasteiger partial charge in [-0.05, 0) is 49.4 Å². The molecule has 0 saturated carbocycles. The van der Waals surface area contributed by atoms with Gasteiger partial charge >= 0.3 is 0 Å². The second-order valence-electron chi connectivity index (χ2n) is 8.30. The zero-order chi connectivity index (χ0) is 22.2. The zero-order valence-corrected chi connectivity index (χ0v) is 19.7. The summed E-state index contributed by atoms with van der Waals surface area (Å²) in [6, 6.07) is 14.0. The van der Waals surface area contributed by atoms with Crippen LogP contribution in [0.25, 0.3) is 10.2 Å². The van der Waals surface area contributed by atoms with Crippen LogP contribution in [-0.2, 0) is 21.4 Å². The van der Waals surface area contributed by atoms with Gasteiger partial charge in [-0.1, -0.05) is 47.7 Å². The lowest BCUT2D eigenvalue weighted by Crippen LogP contribution is -2.46. The highest BCUT2D eigenvalue weighted by molar-refractivity contribution is 7.88. The Labute approximate surface area is 187 Å². The van der Waals surface area contributed by atoms with Gasteiger partial charge in [0, 0.05) is 13.1 Å². The van der Waals surface area contributed by atoms with Crippen molar-refractivity contribution in [2.45, 2.75) is 33.2 Å². The van der Waals surface area contributed by atoms with Crippen LogP contribution < -0.4 is 4.90 Å². The van der Waals surface area contributed by atoms with Crippen molar-refractivity contribution >= 4 is 42.6 Å². The molecule has 0 radical (unpaired) electrons. The van der Waals surface area contributed by atoms with Crippen LogP contribution in [-0.4, -0.2) is 43.0 Å². The van der Waals surface area contributed by atoms with E-state index in [-0.39, 0.29) is 18.4 Å². The third kappa shape index (κ3) is 4.81. The molecule has 1 fully saturated rings. The largest absolute Gasteiger partial charge is 0.283 e. The molecule has 31 heavy (non-hydrogen) atoms. The minimum Gasteiger partial charge on any atom is -0.283 e. The Bertz CT molecular complexity index is 1210. The van der Waals surface area contributed by atoms with E-state index in [4.69, 9.17) is 4.98 Å². The summed E-state index contributed by atoms with van der Waals surface area (Å²) in [5, 5.41) is 0.661. The molecule has 3 aromatic rings. The Kier molecular flexibility index (Phi) is 6.14. The lowest BCUT2D eigenvalue weighted by molar-refractivity contribution is -0.123. The quantitative estimate of drug-likeness (QED) is 0.578. The fourth-order valence-electron chi connectivity index (χ4n) is 4.15. The lowest BCUT2D eigenvalue weighted by Gasteiger charge is -2.33. The molecule has 1 aromatic heterocycles. The summed E-state index contributed by atoms with van der Waals surface area (Å²) in [7, 11) is -3.32. The number of hydrogen-bond donors (Lipinski definition) is 0. The lowest BCUT2D eigenvalue weighted by atomic mass is 9.98. The van der Waals surface area contributed by atoms with Crippen LogP contribution in [0.3, 0.4) is 0 Å². The SMILES string of the molecule is Cc1cc(C)c2nc(N(Cc3ccccc3)C(=O)C3CCCN(S(C)(=O)=O)C3)sc2c1. The monoisotopic (exact) mass is 457 g/mol. The van der Waals surface area contributed by atoms with Crippen LogP contribution >= 0.6 is 11.3 Å². The Morgan fingerprint density at radius 3 is 2.68 bits per heavy atom. The van der Waals surface area contributed by atoms with Gasteiger partial charge in [0.1, 0.15) is 0 Å². The number of aryl methyl sites for hydroxylation is 2. The van der Waals surface area contributed by atoms with E-state index in [1.54, 1.807) is 4.90 Å². The summed E-state index contributed by atoms with van der Waals surface area (Å²) in [6.45, 7) is 5.20. The number of piperidine rings is 1. The summed E-state index contributed by atoms with van der Waals surface area (Å²) < 4.78 is 26.6. The average molecular weight is 458 g/mol. The molecule has 2 aromatic carbocycles. The molecule has 164 valence electrons. The number of benzene rings is 2. The smallest absolute Gasteiger partial charge is 0.233 e. The molecule has 0 spiro atoms. The van der Waals surface area contributed by atoms with Gasteiger partial charge in [-0.2, -0.15) is 0 Å². The van der Waals surface area contributed by atoms with E-state index in [0.29, 0.717) is 31.1 Å². The Morgan fingerprint density at radius 1 is 1.23 bits per heavy atom. The molecule has 1 saturated heterocycles. The highest BCUT2D eigenvalue weighted by Crippen LogP contribution is 2.34. The number of anilines is 1. The normalized spacial score (nSPS) is 17.7. The van der Waals surface area contributed by atoms with Gasteiger partial charge in [0.2, 0.25) is 15.9 Å². The second kappa shape index (κ2) is 8.68. The maximum atomic E-state index is 13.7. The second-order valence-corrected chi connectivity index (χ2v) is 11.3. The average Bonchev–Trinajstić information content (AvgIpc) is 3.16. The van der Waals surface area contributed by atoms with Crippen LogP contribution in [0.2, 0.25) is 0 Å². The number of hydrogen-bond acceptors (Lipinski definition) is 5. The molecule has 1 amide bonds. The van der Waals surface area contributed by atoms with Crippen LogP contribution in [0, 0.1) is 19.8 Å². The minimum atomic E-state index is -3.32. The predicted octanol–water partition coefficient (Wildman–Crippen LogP) is 4.12. The van der Waals surface area contributed by atoms with E-state index in [9.17, 15) is 13.2 Å². The van der Waals surface area contributed by atoms with Gasteiger partial charge < -0.3 is 0 Å². The first-order chi connectivity index (χ1) is 14.7. The summed E-state index contributed by atoms with van der Waals surface area (Å²) in [4.78, 5) is 20.2. The van der Waals surface area contributed by atoms with Crippen molar-refractivity contribution in [1.82, 2.24) is 9.29 Å². The molecule has 0 N–H and O–H groups in total. The van der Waals surface area contributed by atoms with Crippen LogP contribution in [0.5, 0.6) is 0 Å². The van der Waals surface area contributed by atoms with E-state index < -0.39 is 10.0 Å². The summed E-state index contributed by atoms with van der Waals surface area (Å²) >= 11 is 1.51. The highest BCUT2D eigenvalue weighted by atomic mass is 32.2. The highest BCUT2D eigenvalue weighted by Gasteiger charge is 2.34. The first-order valence-electron chi connectivity index (χ1n) is 10.4. The molecule has 1 unspecified atom stereocenters. The van der Waals surface area contributed by atoms with E-state index >= 15 is 0 Å². The first kappa shape index (κ1) is 21.9. The number of fused-ring (bicyclic) bond motifs is 1. The molecular formula is C23H27N3O3S2. The minimum absolute atomic E-state index is 0.0642. The molecule has 6 nitrogen and oxygen atoms in total. The van der Waals surface area contributed by atoms with Gasteiger partial charge in [-0.15, -0.1) is 0 Å². The number of thiazole rings is 1. The topological polar surface area (TPSA) is 70.6 Å². The van der Waals surface area contributed by atoms with E-state index in [1.165, 1.54) is 21.9 Å². The van der Waals surface area contributed by atoms with Crippen molar-refractivity contribution < 1.29 is 13.2 Å². The van der Waals surface area contributed by atoms with Gasteiger partial charge in [-0.25, -0.2) is 17.7 Å². The van der Waals surface area contributed by atoms with Gasteiger partial charge in [0.05, 0.1) is 28.9 Å². The number of carbonyl (C=O) groups excluding carboxylic acids is 1. The fourth-order valence-corrected chi connectivity index (χ4v) is 6.20. The fraction of sp³-hybridized carbons (Fsp3) is 0.391. The number of amides is 1. The third-order valence-corrected chi connectivity index (χ3v) is 8.00. The van der Waals surface area contributed by atoms with Crippen molar-refractivity contribution in [2.24, 2.45) is 5.92 Å². The van der Waals surface area contributed by atoms with E-state index in [0.717, 1.165) is 26.9 Å². The van der Waals surface area contributed by atoms with Crippen molar-refractivity contribution in [2.75, 3.05) is 24.2 Å². The molecule has 0 bridgehead atoms. The van der Waals surface area contributed by atoms with Gasteiger partial charge in [-0.3, -0.25) is 9.69 Å². The van der Waals surface area contributed by atoms with Gasteiger partial charge in [0.15, 0.2) is 5.13 Å². The van der Waals surface area contributed by atoms with Crippen LogP contribution in [0.4, 0.5) is 5.13 Å². The number of aromatic nitrogens is 1. The number of carbonyl (C=O) groups is 1. The maximum absolute atomic E-state index is 13.7. The molecule has 2 heterocycles. The van der Waals surface area contributed by atoms with Crippen LogP contribution in [0.1, 0.15) is 29.5 Å². The first-order valence-corrected chi connectivity index (χ1v) is 13.1. The van der Waals surface area contributed by atoms with Crippen LogP contribution in [0.15, 0.2) is 42.5 Å². The van der Waals surface area contributed by atoms with Gasteiger partial charge in [0.25, 0.3) is 0 Å². The Hall–Kier alpha value is -2.29. The Morgan fingerprint density at radius 2 is 1.97 bits per heavy atom. The molecule has 1 aliphatic heterocycles. The predicted molar refractivity (Wildman–Crippen MR) is 126 cm³/mol. The molecule has 1 aliphatic rings. The molecule has 8 heteroatoms. The van der Waals surface area contributed by atoms with Crippen molar-refractivity contribution in [3.63, 3.8) is 0 Å². The standard InChI is InChI=1S/C23H27N3O3S2/c1-16-12-17(2)21-20(13-16)30-23(24-21)26(14-18-8-5-4-6-9-18)22(27)19-10-7-11-25(15-19)31(3,28)29/h4-6,8-9,12-13,19H,7,10-11,14-15H2,1-3H3. The number of sulfonamides is 1. The van der Waals surface area contributed by atoms with Crippen molar-refractivity contribution in [3.8, 4) is 0 Å². The summed E-state index contributed by atoms with van der Waals surface area (Å²) in [6.07, 6.45) is 2.57. The maximum Gasteiger partial charge on any atom is 0.233 e. The molecular weight excluding hydrogens is 430 g/mol. The molecule has 0 aliphatic carbocycles. The Balaban J connectivity index is 1.71. The molecule has 1 atom stereocenters. The summed E-state index contributed by atoms with van der Waals surface area (Å²) in [5.41, 5.74) is 4.18. The number of rotatable bonds is 5.